The molecule has 170 valence electrons. The summed E-state index contributed by atoms with van der Waals surface area (Å²) in [6.07, 6.45) is 4.49. The van der Waals surface area contributed by atoms with Crippen molar-refractivity contribution < 1.29 is 23.0 Å². The maximum atomic E-state index is 13.2. The number of imidazole rings is 1. The van der Waals surface area contributed by atoms with E-state index in [4.69, 9.17) is 9.47 Å². The fourth-order valence-electron chi connectivity index (χ4n) is 4.47. The van der Waals surface area contributed by atoms with E-state index in [1.54, 1.807) is 11.8 Å². The number of rotatable bonds is 8. The molecule has 0 spiro atoms. The summed E-state index contributed by atoms with van der Waals surface area (Å²) in [5.74, 6) is -2.14. The van der Waals surface area contributed by atoms with E-state index in [1.165, 1.54) is 0 Å². The molecule has 2 fully saturated rings. The minimum absolute atomic E-state index is 0.0820. The number of ether oxygens (including phenoxy) is 2. The molecule has 1 aromatic carbocycles. The molecule has 31 heavy (non-hydrogen) atoms. The maximum Gasteiger partial charge on any atom is 0.297 e. The van der Waals surface area contributed by atoms with Crippen LogP contribution in [0.3, 0.4) is 0 Å². The third-order valence-corrected chi connectivity index (χ3v) is 6.18. The molecular weight excluding hydrogens is 404 g/mol. The number of Topliss-reactive ketones (excluding diaryl/α,β-unsaturated/α-hetero) is 1. The van der Waals surface area contributed by atoms with Gasteiger partial charge in [0.2, 0.25) is 0 Å². The van der Waals surface area contributed by atoms with Crippen LogP contribution in [-0.2, 0) is 16.6 Å². The van der Waals surface area contributed by atoms with Crippen LogP contribution in [0.5, 0.6) is 6.01 Å². The predicted molar refractivity (Wildman–Crippen MR) is 115 cm³/mol. The first-order valence-corrected chi connectivity index (χ1v) is 11.1. The minimum atomic E-state index is -2.59. The summed E-state index contributed by atoms with van der Waals surface area (Å²) in [4.78, 5) is 17.5. The molecule has 2 aromatic rings. The van der Waals surface area contributed by atoms with Crippen molar-refractivity contribution in [1.82, 2.24) is 9.55 Å². The fraction of sp³-hybridized carbons (Fsp3) is 0.652. The number of anilines is 1. The van der Waals surface area contributed by atoms with Crippen molar-refractivity contribution >= 4 is 22.5 Å². The van der Waals surface area contributed by atoms with Crippen molar-refractivity contribution in [2.75, 3.05) is 24.6 Å². The van der Waals surface area contributed by atoms with Crippen LogP contribution >= 0.6 is 0 Å². The van der Waals surface area contributed by atoms with Crippen LogP contribution in [-0.4, -0.2) is 53.2 Å². The zero-order chi connectivity index (χ0) is 22.2. The van der Waals surface area contributed by atoms with E-state index < -0.39 is 5.92 Å². The lowest BCUT2D eigenvalue weighted by molar-refractivity contribution is -0.118. The number of carbonyl (C=O) groups is 1. The third kappa shape index (κ3) is 5.17. The topological polar surface area (TPSA) is 56.6 Å². The van der Waals surface area contributed by atoms with Crippen LogP contribution < -0.4 is 9.64 Å². The average Bonchev–Trinajstić information content (AvgIpc) is 3.00. The Balaban J connectivity index is 1.31. The standard InChI is InChI=1S/C23H31F2N3O3/c1-15(10-16(2)29)12-30-18-5-7-19(8-6-18)31-22-26-20-9-4-17(11-21(20)27(22)3)28-13-23(24,25)14-28/h4,9,11,15,18-19H,5-8,10,12-14H2,1-3H3/t15-,18?,19?/m1/s1. The van der Waals surface area contributed by atoms with Gasteiger partial charge in [-0.2, -0.15) is 4.98 Å². The Morgan fingerprint density at radius 2 is 1.90 bits per heavy atom. The van der Waals surface area contributed by atoms with Crippen molar-refractivity contribution in [3.63, 3.8) is 0 Å². The Morgan fingerprint density at radius 1 is 1.23 bits per heavy atom. The highest BCUT2D eigenvalue weighted by Gasteiger charge is 2.44. The smallest absolute Gasteiger partial charge is 0.297 e. The Hall–Kier alpha value is -2.22. The lowest BCUT2D eigenvalue weighted by atomic mass is 9.95. The van der Waals surface area contributed by atoms with Gasteiger partial charge in [0.25, 0.3) is 11.9 Å². The van der Waals surface area contributed by atoms with Crippen molar-refractivity contribution in [3.05, 3.63) is 18.2 Å². The summed E-state index contributed by atoms with van der Waals surface area (Å²) in [6.45, 7) is 3.80. The minimum Gasteiger partial charge on any atom is -0.461 e. The molecule has 8 heteroatoms. The largest absolute Gasteiger partial charge is 0.461 e. The lowest BCUT2D eigenvalue weighted by Crippen LogP contribution is -2.56. The van der Waals surface area contributed by atoms with Crippen LogP contribution in [0, 0.1) is 5.92 Å². The van der Waals surface area contributed by atoms with Gasteiger partial charge in [0.05, 0.1) is 30.2 Å². The number of carbonyl (C=O) groups excluding carboxylic acids is 1. The van der Waals surface area contributed by atoms with E-state index in [2.05, 4.69) is 4.98 Å². The molecule has 1 aliphatic carbocycles. The van der Waals surface area contributed by atoms with E-state index in [0.717, 1.165) is 42.4 Å². The molecular formula is C23H31F2N3O3. The van der Waals surface area contributed by atoms with Crippen LogP contribution in [0.4, 0.5) is 14.5 Å². The van der Waals surface area contributed by atoms with Gasteiger partial charge in [0, 0.05) is 25.8 Å². The quantitative estimate of drug-likeness (QED) is 0.617. The van der Waals surface area contributed by atoms with Crippen molar-refractivity contribution in [2.45, 2.75) is 64.1 Å². The summed E-state index contributed by atoms with van der Waals surface area (Å²) in [5.41, 5.74) is 2.45. The summed E-state index contributed by atoms with van der Waals surface area (Å²) in [6, 6.07) is 6.16. The van der Waals surface area contributed by atoms with Gasteiger partial charge >= 0.3 is 0 Å². The Bertz CT molecular complexity index is 930. The van der Waals surface area contributed by atoms with Crippen LogP contribution in [0.2, 0.25) is 0 Å². The monoisotopic (exact) mass is 435 g/mol. The molecule has 1 aliphatic heterocycles. The number of benzene rings is 1. The number of aromatic nitrogens is 2. The second kappa shape index (κ2) is 8.73. The molecule has 1 aromatic heterocycles. The molecule has 2 heterocycles. The second-order valence-corrected chi connectivity index (χ2v) is 9.20. The van der Waals surface area contributed by atoms with Gasteiger partial charge in [-0.25, -0.2) is 8.78 Å². The van der Waals surface area contributed by atoms with E-state index in [1.807, 2.05) is 36.7 Å². The van der Waals surface area contributed by atoms with Crippen LogP contribution in [0.25, 0.3) is 11.0 Å². The maximum absolute atomic E-state index is 13.2. The van der Waals surface area contributed by atoms with E-state index in [9.17, 15) is 13.6 Å². The third-order valence-electron chi connectivity index (χ3n) is 6.18. The molecule has 1 saturated carbocycles. The number of fused-ring (bicyclic) bond motifs is 1. The van der Waals surface area contributed by atoms with Crippen molar-refractivity contribution in [3.8, 4) is 6.01 Å². The highest BCUT2D eigenvalue weighted by Crippen LogP contribution is 2.34. The number of hydrogen-bond acceptors (Lipinski definition) is 5. The lowest BCUT2D eigenvalue weighted by Gasteiger charge is -2.40. The number of hydrogen-bond donors (Lipinski definition) is 0. The van der Waals surface area contributed by atoms with Gasteiger partial charge in [-0.1, -0.05) is 6.92 Å². The molecule has 0 unspecified atom stereocenters. The Kier molecular flexibility index (Phi) is 6.19. The predicted octanol–water partition coefficient (Wildman–Crippen LogP) is 4.35. The summed E-state index contributed by atoms with van der Waals surface area (Å²) in [7, 11) is 1.89. The number of halogens is 2. The molecule has 1 atom stereocenters. The average molecular weight is 436 g/mol. The molecule has 0 radical (unpaired) electrons. The molecule has 1 saturated heterocycles. The number of ketones is 1. The first kappa shape index (κ1) is 22.0. The highest BCUT2D eigenvalue weighted by atomic mass is 19.3. The zero-order valence-electron chi connectivity index (χ0n) is 18.4. The number of aryl methyl sites for hydroxylation is 1. The molecule has 2 aliphatic rings. The molecule has 0 bridgehead atoms. The second-order valence-electron chi connectivity index (χ2n) is 9.20. The van der Waals surface area contributed by atoms with Crippen molar-refractivity contribution in [2.24, 2.45) is 13.0 Å². The number of alkyl halides is 2. The summed E-state index contributed by atoms with van der Waals surface area (Å²) >= 11 is 0. The van der Waals surface area contributed by atoms with Crippen LogP contribution in [0.15, 0.2) is 18.2 Å². The van der Waals surface area contributed by atoms with Crippen LogP contribution in [0.1, 0.15) is 46.0 Å². The highest BCUT2D eigenvalue weighted by molar-refractivity contribution is 5.81. The molecule has 0 amide bonds. The first-order chi connectivity index (χ1) is 14.7. The Labute approximate surface area is 181 Å². The van der Waals surface area contributed by atoms with Crippen molar-refractivity contribution in [1.29, 1.82) is 0 Å². The van der Waals surface area contributed by atoms with Gasteiger partial charge in [-0.05, 0) is 56.7 Å². The van der Waals surface area contributed by atoms with Gasteiger partial charge in [0.1, 0.15) is 11.9 Å². The molecule has 0 N–H and O–H groups in total. The van der Waals surface area contributed by atoms with E-state index in [-0.39, 0.29) is 37.0 Å². The zero-order valence-corrected chi connectivity index (χ0v) is 18.4. The van der Waals surface area contributed by atoms with Gasteiger partial charge < -0.3 is 19.2 Å². The first-order valence-electron chi connectivity index (χ1n) is 11.1. The molecule has 4 rings (SSSR count). The summed E-state index contributed by atoms with van der Waals surface area (Å²) < 4.78 is 40.5. The summed E-state index contributed by atoms with van der Waals surface area (Å²) in [5, 5.41) is 0. The Morgan fingerprint density at radius 3 is 2.55 bits per heavy atom. The van der Waals surface area contributed by atoms with Gasteiger partial charge in [0.15, 0.2) is 0 Å². The van der Waals surface area contributed by atoms with E-state index >= 15 is 0 Å². The van der Waals surface area contributed by atoms with Gasteiger partial charge in [-0.15, -0.1) is 0 Å². The molecule has 6 nitrogen and oxygen atoms in total. The fourth-order valence-corrected chi connectivity index (χ4v) is 4.47. The SMILES string of the molecule is CC(=O)C[C@@H](C)COC1CCC(Oc2nc3ccc(N4CC(F)(F)C4)cc3n2C)CC1. The normalized spacial score (nSPS) is 24.1. The number of nitrogens with zero attached hydrogens (tertiary/aromatic N) is 3. The van der Waals surface area contributed by atoms with Gasteiger partial charge in [-0.3, -0.25) is 4.57 Å². The van der Waals surface area contributed by atoms with E-state index in [0.29, 0.717) is 19.0 Å².